The molecule has 0 aliphatic rings. The molecule has 114 valence electrons. The lowest BCUT2D eigenvalue weighted by atomic mass is 10.1. The summed E-state index contributed by atoms with van der Waals surface area (Å²) in [5.41, 5.74) is 1.71. The largest absolute Gasteiger partial charge is 0.478 e. The van der Waals surface area contributed by atoms with Crippen molar-refractivity contribution in [2.24, 2.45) is 0 Å². The van der Waals surface area contributed by atoms with Crippen LogP contribution in [0.2, 0.25) is 0 Å². The van der Waals surface area contributed by atoms with Crippen molar-refractivity contribution < 1.29 is 24.2 Å². The second-order valence-electron chi connectivity index (χ2n) is 4.31. The Bertz CT molecular complexity index is 490. The van der Waals surface area contributed by atoms with Crippen LogP contribution in [0.15, 0.2) is 30.3 Å². The quantitative estimate of drug-likeness (QED) is 0.588. The monoisotopic (exact) mass is 292 g/mol. The molecule has 0 saturated heterocycles. The predicted molar refractivity (Wildman–Crippen MR) is 78.9 cm³/mol. The van der Waals surface area contributed by atoms with Gasteiger partial charge in [0.15, 0.2) is 6.10 Å². The minimum atomic E-state index is -0.988. The first kappa shape index (κ1) is 16.9. The number of esters is 1. The van der Waals surface area contributed by atoms with E-state index in [9.17, 15) is 9.59 Å². The summed E-state index contributed by atoms with van der Waals surface area (Å²) >= 11 is 0. The minimum Gasteiger partial charge on any atom is -0.478 e. The van der Waals surface area contributed by atoms with E-state index in [2.05, 4.69) is 0 Å². The second kappa shape index (κ2) is 8.92. The molecular weight excluding hydrogens is 272 g/mol. The van der Waals surface area contributed by atoms with Gasteiger partial charge in [-0.05, 0) is 31.1 Å². The van der Waals surface area contributed by atoms with Crippen molar-refractivity contribution in [3.05, 3.63) is 41.5 Å². The summed E-state index contributed by atoms with van der Waals surface area (Å²) in [4.78, 5) is 22.2. The molecule has 0 bridgehead atoms. The highest BCUT2D eigenvalue weighted by Gasteiger charge is 2.20. The van der Waals surface area contributed by atoms with Gasteiger partial charge in [-0.2, -0.15) is 0 Å². The highest BCUT2D eigenvalue weighted by molar-refractivity contribution is 5.85. The van der Waals surface area contributed by atoms with Crippen LogP contribution in [0.3, 0.4) is 0 Å². The summed E-state index contributed by atoms with van der Waals surface area (Å²) in [5, 5.41) is 8.56. The van der Waals surface area contributed by atoms with Gasteiger partial charge < -0.3 is 14.6 Å². The smallest absolute Gasteiger partial charge is 0.335 e. The van der Waals surface area contributed by atoms with Crippen LogP contribution in [0.25, 0.3) is 6.08 Å². The molecule has 1 aromatic carbocycles. The zero-order chi connectivity index (χ0) is 15.7. The standard InChI is InChI=1S/C16H20O5/c1-3-20-14(16(19)21-4-2)11-13-7-5-12(6-8-13)9-10-15(17)18/h5-10,14H,3-4,11H2,1-2H3,(H,17,18)/t14-/m0/s1. The van der Waals surface area contributed by atoms with Crippen LogP contribution in [-0.4, -0.2) is 36.4 Å². The van der Waals surface area contributed by atoms with Gasteiger partial charge in [0.1, 0.15) is 0 Å². The third-order valence-electron chi connectivity index (χ3n) is 2.74. The number of ether oxygens (including phenoxy) is 2. The first-order valence-corrected chi connectivity index (χ1v) is 6.85. The maximum atomic E-state index is 11.8. The van der Waals surface area contributed by atoms with E-state index in [1.807, 2.05) is 19.1 Å². The van der Waals surface area contributed by atoms with Gasteiger partial charge in [-0.1, -0.05) is 24.3 Å². The average molecular weight is 292 g/mol. The third-order valence-corrected chi connectivity index (χ3v) is 2.74. The fourth-order valence-corrected chi connectivity index (χ4v) is 1.79. The fraction of sp³-hybridized carbons (Fsp3) is 0.375. The lowest BCUT2D eigenvalue weighted by Crippen LogP contribution is -2.28. The van der Waals surface area contributed by atoms with E-state index in [-0.39, 0.29) is 5.97 Å². The Morgan fingerprint density at radius 3 is 2.38 bits per heavy atom. The molecule has 0 aliphatic heterocycles. The van der Waals surface area contributed by atoms with Crippen molar-refractivity contribution in [3.63, 3.8) is 0 Å². The van der Waals surface area contributed by atoms with E-state index < -0.39 is 12.1 Å². The van der Waals surface area contributed by atoms with Gasteiger partial charge in [-0.25, -0.2) is 9.59 Å². The minimum absolute atomic E-state index is 0.321. The molecule has 1 rings (SSSR count). The number of carboxylic acids is 1. The van der Waals surface area contributed by atoms with Crippen molar-refractivity contribution in [1.82, 2.24) is 0 Å². The first-order chi connectivity index (χ1) is 10.1. The number of hydrogen-bond acceptors (Lipinski definition) is 4. The van der Waals surface area contributed by atoms with E-state index in [1.54, 1.807) is 19.1 Å². The number of carbonyl (C=O) groups is 2. The lowest BCUT2D eigenvalue weighted by molar-refractivity contribution is -0.156. The molecule has 1 atom stereocenters. The summed E-state index contributed by atoms with van der Waals surface area (Å²) in [6, 6.07) is 7.27. The Labute approximate surface area is 124 Å². The van der Waals surface area contributed by atoms with Crippen molar-refractivity contribution >= 4 is 18.0 Å². The van der Waals surface area contributed by atoms with Gasteiger partial charge >= 0.3 is 11.9 Å². The maximum Gasteiger partial charge on any atom is 0.335 e. The van der Waals surface area contributed by atoms with Gasteiger partial charge in [0.2, 0.25) is 0 Å². The normalized spacial score (nSPS) is 12.3. The molecule has 0 amide bonds. The number of hydrogen-bond donors (Lipinski definition) is 1. The van der Waals surface area contributed by atoms with E-state index in [0.29, 0.717) is 19.6 Å². The molecule has 5 nitrogen and oxygen atoms in total. The Kier molecular flexibility index (Phi) is 7.18. The summed E-state index contributed by atoms with van der Waals surface area (Å²) in [6.45, 7) is 4.33. The van der Waals surface area contributed by atoms with Gasteiger partial charge in [-0.15, -0.1) is 0 Å². The molecule has 0 spiro atoms. The summed E-state index contributed by atoms with van der Waals surface area (Å²) in [6.07, 6.45) is 2.40. The average Bonchev–Trinajstić information content (AvgIpc) is 2.46. The van der Waals surface area contributed by atoms with Gasteiger partial charge in [-0.3, -0.25) is 0 Å². The van der Waals surface area contributed by atoms with Crippen LogP contribution in [0.1, 0.15) is 25.0 Å². The van der Waals surface area contributed by atoms with Crippen molar-refractivity contribution in [1.29, 1.82) is 0 Å². The maximum absolute atomic E-state index is 11.8. The zero-order valence-corrected chi connectivity index (χ0v) is 12.2. The SMILES string of the molecule is CCOC(=O)[C@H](Cc1ccc(C=CC(=O)O)cc1)OCC. The number of aliphatic carboxylic acids is 1. The predicted octanol–water partition coefficient (Wildman–Crippen LogP) is 2.30. The van der Waals surface area contributed by atoms with Crippen LogP contribution in [0.5, 0.6) is 0 Å². The van der Waals surface area contributed by atoms with Crippen LogP contribution < -0.4 is 0 Å². The van der Waals surface area contributed by atoms with Gasteiger partial charge in [0, 0.05) is 19.1 Å². The molecule has 0 unspecified atom stereocenters. The number of benzene rings is 1. The molecule has 1 aromatic rings. The second-order valence-corrected chi connectivity index (χ2v) is 4.31. The van der Waals surface area contributed by atoms with E-state index >= 15 is 0 Å². The number of rotatable bonds is 8. The van der Waals surface area contributed by atoms with E-state index in [4.69, 9.17) is 14.6 Å². The summed E-state index contributed by atoms with van der Waals surface area (Å²) in [5.74, 6) is -1.35. The van der Waals surface area contributed by atoms with Crippen LogP contribution >= 0.6 is 0 Å². The Balaban J connectivity index is 2.71. The Morgan fingerprint density at radius 2 is 1.86 bits per heavy atom. The molecule has 0 aromatic heterocycles. The molecular formula is C16H20O5. The fourth-order valence-electron chi connectivity index (χ4n) is 1.79. The molecule has 5 heteroatoms. The molecule has 1 N–H and O–H groups in total. The molecule has 0 radical (unpaired) electrons. The van der Waals surface area contributed by atoms with E-state index in [1.165, 1.54) is 6.08 Å². The molecule has 0 saturated carbocycles. The van der Waals surface area contributed by atoms with E-state index in [0.717, 1.165) is 17.2 Å². The highest BCUT2D eigenvalue weighted by atomic mass is 16.6. The summed E-state index contributed by atoms with van der Waals surface area (Å²) < 4.78 is 10.4. The molecule has 21 heavy (non-hydrogen) atoms. The van der Waals surface area contributed by atoms with Crippen molar-refractivity contribution in [3.8, 4) is 0 Å². The van der Waals surface area contributed by atoms with Crippen molar-refractivity contribution in [2.45, 2.75) is 26.4 Å². The van der Waals surface area contributed by atoms with Crippen LogP contribution in [-0.2, 0) is 25.5 Å². The lowest BCUT2D eigenvalue weighted by Gasteiger charge is -2.15. The highest BCUT2D eigenvalue weighted by Crippen LogP contribution is 2.11. The summed E-state index contributed by atoms with van der Waals surface area (Å²) in [7, 11) is 0. The first-order valence-electron chi connectivity index (χ1n) is 6.85. The number of carboxylic acid groups (broad SMARTS) is 1. The zero-order valence-electron chi connectivity index (χ0n) is 12.2. The van der Waals surface area contributed by atoms with Gasteiger partial charge in [0.05, 0.1) is 6.61 Å². The van der Waals surface area contributed by atoms with Crippen molar-refractivity contribution in [2.75, 3.05) is 13.2 Å². The molecule has 0 heterocycles. The van der Waals surface area contributed by atoms with Crippen LogP contribution in [0.4, 0.5) is 0 Å². The van der Waals surface area contributed by atoms with Gasteiger partial charge in [0.25, 0.3) is 0 Å². The Morgan fingerprint density at radius 1 is 1.19 bits per heavy atom. The third kappa shape index (κ3) is 6.23. The molecule has 0 fully saturated rings. The Hall–Kier alpha value is -2.14. The molecule has 0 aliphatic carbocycles. The topological polar surface area (TPSA) is 72.8 Å². The van der Waals surface area contributed by atoms with Crippen LogP contribution in [0, 0.1) is 0 Å². The number of carbonyl (C=O) groups excluding carboxylic acids is 1.